The van der Waals surface area contributed by atoms with Crippen molar-refractivity contribution in [3.63, 3.8) is 0 Å². The van der Waals surface area contributed by atoms with Gasteiger partial charge in [0.25, 0.3) is 5.69 Å². The van der Waals surface area contributed by atoms with E-state index in [9.17, 15) is 24.5 Å². The summed E-state index contributed by atoms with van der Waals surface area (Å²) in [6.45, 7) is -0.145. The summed E-state index contributed by atoms with van der Waals surface area (Å²) >= 11 is 0. The fourth-order valence-electron chi connectivity index (χ4n) is 3.10. The van der Waals surface area contributed by atoms with Gasteiger partial charge in [0.2, 0.25) is 0 Å². The van der Waals surface area contributed by atoms with Crippen LogP contribution in [0, 0.1) is 10.1 Å². The molecule has 0 atom stereocenters. The number of nitrogens with zero attached hydrogens (tertiary/aromatic N) is 3. The Morgan fingerprint density at radius 3 is 2.48 bits per heavy atom. The number of nitro benzene ring substituents is 1. The normalized spacial score (nSPS) is 19.0. The van der Waals surface area contributed by atoms with Gasteiger partial charge in [-0.05, 0) is 18.4 Å². The van der Waals surface area contributed by atoms with E-state index in [0.717, 1.165) is 35.5 Å². The minimum Gasteiger partial charge on any atom is -0.263 e. The molecule has 1 aliphatic heterocycles. The van der Waals surface area contributed by atoms with Crippen molar-refractivity contribution >= 4 is 23.5 Å². The molecule has 1 saturated carbocycles. The number of non-ortho nitro benzene ring substituents is 1. The summed E-state index contributed by atoms with van der Waals surface area (Å²) in [6.07, 6.45) is 3.30. The predicted molar refractivity (Wildman–Crippen MR) is 78.1 cm³/mol. The second-order valence-corrected chi connectivity index (χ2v) is 5.71. The number of amides is 4. The second kappa shape index (κ2) is 5.79. The average Bonchev–Trinajstić information content (AvgIpc) is 3.11. The van der Waals surface area contributed by atoms with E-state index in [1.54, 1.807) is 6.07 Å². The second-order valence-electron chi connectivity index (χ2n) is 5.71. The number of urea groups is 1. The predicted octanol–water partition coefficient (Wildman–Crippen LogP) is 1.83. The molecule has 4 amide bonds. The molecule has 1 aromatic carbocycles. The molecule has 3 rings (SSSR count). The van der Waals surface area contributed by atoms with Crippen molar-refractivity contribution in [3.05, 3.63) is 39.9 Å². The Morgan fingerprint density at radius 2 is 1.83 bits per heavy atom. The molecular formula is C15H15N3O5. The van der Waals surface area contributed by atoms with E-state index in [1.165, 1.54) is 18.2 Å². The number of benzene rings is 1. The molecule has 2 fully saturated rings. The van der Waals surface area contributed by atoms with Crippen LogP contribution in [0.4, 0.5) is 10.5 Å². The largest absolute Gasteiger partial charge is 0.334 e. The summed E-state index contributed by atoms with van der Waals surface area (Å²) in [7, 11) is 0. The molecule has 1 saturated heterocycles. The van der Waals surface area contributed by atoms with Crippen LogP contribution >= 0.6 is 0 Å². The van der Waals surface area contributed by atoms with E-state index < -0.39 is 22.8 Å². The first-order valence-electron chi connectivity index (χ1n) is 7.41. The molecule has 1 heterocycles. The van der Waals surface area contributed by atoms with Gasteiger partial charge in [0.1, 0.15) is 0 Å². The highest BCUT2D eigenvalue weighted by atomic mass is 16.6. The smallest absolute Gasteiger partial charge is 0.263 e. The van der Waals surface area contributed by atoms with Crippen molar-refractivity contribution in [1.29, 1.82) is 0 Å². The number of hydrogen-bond acceptors (Lipinski definition) is 5. The van der Waals surface area contributed by atoms with Crippen molar-refractivity contribution in [2.24, 2.45) is 0 Å². The standard InChI is InChI=1S/C15H15N3O5/c19-13-14(20)17(11-5-1-2-6-11)15(21)16(13)9-10-4-3-7-12(8-10)18(22)23/h3-4,7-8,11H,1-2,5-6,9H2. The van der Waals surface area contributed by atoms with Crippen LogP contribution in [0.15, 0.2) is 24.3 Å². The fourth-order valence-corrected chi connectivity index (χ4v) is 3.10. The minimum absolute atomic E-state index is 0.124. The average molecular weight is 317 g/mol. The first-order chi connectivity index (χ1) is 11.0. The van der Waals surface area contributed by atoms with Crippen LogP contribution in [0.25, 0.3) is 0 Å². The van der Waals surface area contributed by atoms with E-state index in [2.05, 4.69) is 0 Å². The maximum absolute atomic E-state index is 12.4. The summed E-state index contributed by atoms with van der Waals surface area (Å²) in [5.74, 6) is -1.67. The van der Waals surface area contributed by atoms with E-state index in [4.69, 9.17) is 0 Å². The molecule has 0 spiro atoms. The SMILES string of the molecule is O=C1C(=O)N(C2CCCC2)C(=O)N1Cc1cccc([N+](=O)[O-])c1. The fraction of sp³-hybridized carbons (Fsp3) is 0.400. The topological polar surface area (TPSA) is 101 Å². The number of nitro groups is 1. The summed E-state index contributed by atoms with van der Waals surface area (Å²) < 4.78 is 0. The van der Waals surface area contributed by atoms with Crippen LogP contribution in [0.5, 0.6) is 0 Å². The summed E-state index contributed by atoms with van der Waals surface area (Å²) in [5.41, 5.74) is 0.308. The van der Waals surface area contributed by atoms with Gasteiger partial charge >= 0.3 is 17.8 Å². The molecule has 120 valence electrons. The van der Waals surface area contributed by atoms with E-state index in [-0.39, 0.29) is 18.3 Å². The highest BCUT2D eigenvalue weighted by molar-refractivity contribution is 6.44. The Morgan fingerprint density at radius 1 is 1.13 bits per heavy atom. The Balaban J connectivity index is 1.81. The molecule has 1 aromatic rings. The Labute approximate surface area is 131 Å². The van der Waals surface area contributed by atoms with Crippen LogP contribution in [0.2, 0.25) is 0 Å². The van der Waals surface area contributed by atoms with Gasteiger partial charge in [-0.3, -0.25) is 29.5 Å². The van der Waals surface area contributed by atoms with E-state index in [1.807, 2.05) is 0 Å². The van der Waals surface area contributed by atoms with Crippen LogP contribution in [0.1, 0.15) is 31.2 Å². The summed E-state index contributed by atoms with van der Waals surface area (Å²) in [6, 6.07) is 4.84. The van der Waals surface area contributed by atoms with E-state index >= 15 is 0 Å². The first kappa shape index (κ1) is 15.1. The zero-order valence-corrected chi connectivity index (χ0v) is 12.3. The number of hydrogen-bond donors (Lipinski definition) is 0. The number of imide groups is 2. The zero-order chi connectivity index (χ0) is 16.6. The van der Waals surface area contributed by atoms with Crippen LogP contribution in [-0.4, -0.2) is 38.6 Å². The van der Waals surface area contributed by atoms with Crippen molar-refractivity contribution in [3.8, 4) is 0 Å². The van der Waals surface area contributed by atoms with Gasteiger partial charge in [0.05, 0.1) is 11.5 Å². The molecule has 1 aliphatic carbocycles. The van der Waals surface area contributed by atoms with Gasteiger partial charge in [-0.15, -0.1) is 0 Å². The lowest BCUT2D eigenvalue weighted by atomic mass is 10.2. The van der Waals surface area contributed by atoms with Crippen LogP contribution < -0.4 is 0 Å². The summed E-state index contributed by atoms with van der Waals surface area (Å²) in [5, 5.41) is 10.8. The van der Waals surface area contributed by atoms with Crippen molar-refractivity contribution in [1.82, 2.24) is 9.80 Å². The molecule has 0 N–H and O–H groups in total. The summed E-state index contributed by atoms with van der Waals surface area (Å²) in [4.78, 5) is 48.7. The Hall–Kier alpha value is -2.77. The van der Waals surface area contributed by atoms with Gasteiger partial charge in [-0.2, -0.15) is 0 Å². The van der Waals surface area contributed by atoms with Crippen molar-refractivity contribution < 1.29 is 19.3 Å². The Kier molecular flexibility index (Phi) is 3.81. The molecule has 8 nitrogen and oxygen atoms in total. The molecule has 8 heteroatoms. The maximum atomic E-state index is 12.4. The maximum Gasteiger partial charge on any atom is 0.334 e. The highest BCUT2D eigenvalue weighted by Crippen LogP contribution is 2.28. The third-order valence-corrected chi connectivity index (χ3v) is 4.24. The zero-order valence-electron chi connectivity index (χ0n) is 12.3. The molecule has 2 aliphatic rings. The molecule has 23 heavy (non-hydrogen) atoms. The van der Waals surface area contributed by atoms with Gasteiger partial charge < -0.3 is 0 Å². The lowest BCUT2D eigenvalue weighted by Crippen LogP contribution is -2.39. The van der Waals surface area contributed by atoms with Gasteiger partial charge in [0, 0.05) is 18.2 Å². The van der Waals surface area contributed by atoms with Gasteiger partial charge in [-0.1, -0.05) is 25.0 Å². The van der Waals surface area contributed by atoms with Gasteiger partial charge in [0.15, 0.2) is 0 Å². The molecule has 0 aromatic heterocycles. The lowest BCUT2D eigenvalue weighted by Gasteiger charge is -2.21. The van der Waals surface area contributed by atoms with E-state index in [0.29, 0.717) is 5.56 Å². The first-order valence-corrected chi connectivity index (χ1v) is 7.41. The molecule has 0 radical (unpaired) electrons. The van der Waals surface area contributed by atoms with Gasteiger partial charge in [-0.25, -0.2) is 4.79 Å². The quantitative estimate of drug-likeness (QED) is 0.365. The number of carbonyl (C=O) groups is 3. The monoisotopic (exact) mass is 317 g/mol. The number of carbonyl (C=O) groups excluding carboxylic acids is 3. The Bertz CT molecular complexity index is 696. The third kappa shape index (κ3) is 2.67. The van der Waals surface area contributed by atoms with Crippen LogP contribution in [-0.2, 0) is 16.1 Å². The molecule has 0 unspecified atom stereocenters. The van der Waals surface area contributed by atoms with Crippen molar-refractivity contribution in [2.45, 2.75) is 38.3 Å². The minimum atomic E-state index is -0.867. The molecular weight excluding hydrogens is 302 g/mol. The number of rotatable bonds is 4. The highest BCUT2D eigenvalue weighted by Gasteiger charge is 2.47. The van der Waals surface area contributed by atoms with Crippen molar-refractivity contribution in [2.75, 3.05) is 0 Å². The molecule has 0 bridgehead atoms. The third-order valence-electron chi connectivity index (χ3n) is 4.24. The van der Waals surface area contributed by atoms with Crippen LogP contribution in [0.3, 0.4) is 0 Å². The lowest BCUT2D eigenvalue weighted by molar-refractivity contribution is -0.384.